The first kappa shape index (κ1) is 20.6. The van der Waals surface area contributed by atoms with Crippen molar-refractivity contribution < 1.29 is 14.0 Å². The van der Waals surface area contributed by atoms with E-state index in [9.17, 15) is 14.0 Å². The average Bonchev–Trinajstić information content (AvgIpc) is 2.65. The van der Waals surface area contributed by atoms with E-state index in [0.717, 1.165) is 5.56 Å². The van der Waals surface area contributed by atoms with Crippen LogP contribution in [0.15, 0.2) is 54.6 Å². The lowest BCUT2D eigenvalue weighted by Crippen LogP contribution is -2.48. The Morgan fingerprint density at radius 3 is 2.26 bits per heavy atom. The van der Waals surface area contributed by atoms with E-state index in [2.05, 4.69) is 5.32 Å². The zero-order valence-corrected chi connectivity index (χ0v) is 16.1. The van der Waals surface area contributed by atoms with E-state index in [1.165, 1.54) is 11.0 Å². The smallest absolute Gasteiger partial charge is 0.242 e. The Balaban J connectivity index is 2.20. The first-order valence-electron chi connectivity index (χ1n) is 9.23. The average molecular weight is 370 g/mol. The highest BCUT2D eigenvalue weighted by Gasteiger charge is 2.26. The lowest BCUT2D eigenvalue weighted by atomic mass is 10.1. The number of benzene rings is 2. The van der Waals surface area contributed by atoms with Crippen LogP contribution in [0.3, 0.4) is 0 Å². The van der Waals surface area contributed by atoms with E-state index in [-0.39, 0.29) is 30.6 Å². The van der Waals surface area contributed by atoms with E-state index >= 15 is 0 Å². The van der Waals surface area contributed by atoms with Gasteiger partial charge in [-0.2, -0.15) is 0 Å². The third kappa shape index (κ3) is 6.20. The van der Waals surface area contributed by atoms with Crippen LogP contribution < -0.4 is 5.32 Å². The molecule has 1 N–H and O–H groups in total. The molecule has 0 spiro atoms. The van der Waals surface area contributed by atoms with Crippen molar-refractivity contribution in [3.05, 3.63) is 71.5 Å². The Morgan fingerprint density at radius 2 is 1.63 bits per heavy atom. The highest BCUT2D eigenvalue weighted by atomic mass is 19.1. The van der Waals surface area contributed by atoms with E-state index in [1.54, 1.807) is 25.1 Å². The third-order valence-electron chi connectivity index (χ3n) is 4.35. The second-order valence-corrected chi connectivity index (χ2v) is 7.09. The van der Waals surface area contributed by atoms with Crippen LogP contribution in [0.25, 0.3) is 0 Å². The number of halogens is 1. The van der Waals surface area contributed by atoms with Crippen molar-refractivity contribution in [3.63, 3.8) is 0 Å². The molecule has 0 aliphatic carbocycles. The maximum atomic E-state index is 14.1. The molecular weight excluding hydrogens is 343 g/mol. The molecule has 2 aromatic carbocycles. The largest absolute Gasteiger partial charge is 0.354 e. The van der Waals surface area contributed by atoms with E-state index in [1.807, 2.05) is 44.2 Å². The number of hydrogen-bond donors (Lipinski definition) is 1. The summed E-state index contributed by atoms with van der Waals surface area (Å²) in [6.07, 6.45) is 0.164. The van der Waals surface area contributed by atoms with Gasteiger partial charge in [-0.15, -0.1) is 0 Å². The molecule has 5 heteroatoms. The molecule has 0 saturated carbocycles. The second kappa shape index (κ2) is 9.86. The molecule has 0 aliphatic rings. The standard InChI is InChI=1S/C22H27FN2O2/c1-16(2)14-24-22(27)17(3)25(15-19-11-7-8-12-20(19)23)21(26)13-18-9-5-4-6-10-18/h4-12,16-17H,13-15H2,1-3H3,(H,24,27)/t17-/m0/s1. The van der Waals surface area contributed by atoms with Crippen LogP contribution in [0.4, 0.5) is 4.39 Å². The van der Waals surface area contributed by atoms with Gasteiger partial charge in [-0.3, -0.25) is 9.59 Å². The summed E-state index contributed by atoms with van der Waals surface area (Å²) in [6.45, 7) is 6.27. The first-order valence-corrected chi connectivity index (χ1v) is 9.23. The number of hydrogen-bond acceptors (Lipinski definition) is 2. The molecule has 0 unspecified atom stereocenters. The van der Waals surface area contributed by atoms with Crippen molar-refractivity contribution >= 4 is 11.8 Å². The Labute approximate surface area is 160 Å². The maximum Gasteiger partial charge on any atom is 0.242 e. The summed E-state index contributed by atoms with van der Waals surface area (Å²) in [5, 5.41) is 2.85. The lowest BCUT2D eigenvalue weighted by molar-refractivity contribution is -0.140. The van der Waals surface area contributed by atoms with E-state index in [0.29, 0.717) is 18.0 Å². The summed E-state index contributed by atoms with van der Waals surface area (Å²) >= 11 is 0. The van der Waals surface area contributed by atoms with Gasteiger partial charge in [0, 0.05) is 18.7 Å². The lowest BCUT2D eigenvalue weighted by Gasteiger charge is -2.29. The number of nitrogens with one attached hydrogen (secondary N) is 1. The molecule has 0 bridgehead atoms. The molecule has 1 atom stereocenters. The van der Waals surface area contributed by atoms with Gasteiger partial charge in [0.2, 0.25) is 11.8 Å². The molecule has 0 heterocycles. The predicted octanol–water partition coefficient (Wildman–Crippen LogP) is 3.56. The first-order chi connectivity index (χ1) is 12.9. The molecular formula is C22H27FN2O2. The molecule has 0 aromatic heterocycles. The van der Waals surface area contributed by atoms with Gasteiger partial charge >= 0.3 is 0 Å². The van der Waals surface area contributed by atoms with Crippen molar-refractivity contribution in [1.82, 2.24) is 10.2 Å². The van der Waals surface area contributed by atoms with Gasteiger partial charge in [0.1, 0.15) is 11.9 Å². The number of amides is 2. The molecule has 144 valence electrons. The highest BCUT2D eigenvalue weighted by molar-refractivity contribution is 5.88. The van der Waals surface area contributed by atoms with Gasteiger partial charge in [0.05, 0.1) is 6.42 Å². The van der Waals surface area contributed by atoms with Gasteiger partial charge in [-0.25, -0.2) is 4.39 Å². The molecule has 0 fully saturated rings. The van der Waals surface area contributed by atoms with Crippen molar-refractivity contribution in [2.24, 2.45) is 5.92 Å². The summed E-state index contributed by atoms with van der Waals surface area (Å²) < 4.78 is 14.1. The normalized spacial score (nSPS) is 11.9. The minimum atomic E-state index is -0.695. The van der Waals surface area contributed by atoms with Crippen molar-refractivity contribution in [2.45, 2.75) is 39.8 Å². The van der Waals surface area contributed by atoms with Gasteiger partial charge in [0.15, 0.2) is 0 Å². The Bertz CT molecular complexity index is 762. The highest BCUT2D eigenvalue weighted by Crippen LogP contribution is 2.15. The van der Waals surface area contributed by atoms with Crippen LogP contribution >= 0.6 is 0 Å². The summed E-state index contributed by atoms with van der Waals surface area (Å²) in [5.74, 6) is -0.524. The van der Waals surface area contributed by atoms with Crippen molar-refractivity contribution in [1.29, 1.82) is 0 Å². The van der Waals surface area contributed by atoms with Gasteiger partial charge in [0.25, 0.3) is 0 Å². The fourth-order valence-corrected chi connectivity index (χ4v) is 2.72. The summed E-state index contributed by atoms with van der Waals surface area (Å²) in [6, 6.07) is 15.0. The molecule has 27 heavy (non-hydrogen) atoms. The molecule has 4 nitrogen and oxygen atoms in total. The zero-order chi connectivity index (χ0) is 19.8. The van der Waals surface area contributed by atoms with Gasteiger partial charge < -0.3 is 10.2 Å². The summed E-state index contributed by atoms with van der Waals surface area (Å²) in [7, 11) is 0. The van der Waals surface area contributed by atoms with Crippen LogP contribution in [-0.4, -0.2) is 29.3 Å². The van der Waals surface area contributed by atoms with Crippen LogP contribution in [-0.2, 0) is 22.6 Å². The van der Waals surface area contributed by atoms with E-state index in [4.69, 9.17) is 0 Å². The van der Waals surface area contributed by atoms with Crippen LogP contribution in [0.5, 0.6) is 0 Å². The quantitative estimate of drug-likeness (QED) is 0.772. The van der Waals surface area contributed by atoms with Crippen LogP contribution in [0.2, 0.25) is 0 Å². The SMILES string of the molecule is CC(C)CNC(=O)[C@H](C)N(Cc1ccccc1F)C(=O)Cc1ccccc1. The molecule has 0 radical (unpaired) electrons. The zero-order valence-electron chi connectivity index (χ0n) is 16.1. The molecule has 2 rings (SSSR count). The van der Waals surface area contributed by atoms with E-state index < -0.39 is 6.04 Å². The fourth-order valence-electron chi connectivity index (χ4n) is 2.72. The van der Waals surface area contributed by atoms with Crippen molar-refractivity contribution in [3.8, 4) is 0 Å². The predicted molar refractivity (Wildman–Crippen MR) is 104 cm³/mol. The Hall–Kier alpha value is -2.69. The Kier molecular flexibility index (Phi) is 7.53. The van der Waals surface area contributed by atoms with Crippen LogP contribution in [0.1, 0.15) is 31.9 Å². The van der Waals surface area contributed by atoms with Gasteiger partial charge in [-0.05, 0) is 24.5 Å². The third-order valence-corrected chi connectivity index (χ3v) is 4.35. The monoisotopic (exact) mass is 370 g/mol. The summed E-state index contributed by atoms with van der Waals surface area (Å²) in [4.78, 5) is 26.9. The minimum Gasteiger partial charge on any atom is -0.354 e. The number of rotatable bonds is 8. The molecule has 0 aliphatic heterocycles. The molecule has 2 aromatic rings. The number of carbonyl (C=O) groups excluding carboxylic acids is 2. The summed E-state index contributed by atoms with van der Waals surface area (Å²) in [5.41, 5.74) is 1.25. The molecule has 0 saturated heterocycles. The minimum absolute atomic E-state index is 0.0502. The maximum absolute atomic E-state index is 14.1. The number of nitrogens with zero attached hydrogens (tertiary/aromatic N) is 1. The second-order valence-electron chi connectivity index (χ2n) is 7.09. The van der Waals surface area contributed by atoms with Crippen LogP contribution in [0, 0.1) is 11.7 Å². The molecule has 2 amide bonds. The Morgan fingerprint density at radius 1 is 1.00 bits per heavy atom. The topological polar surface area (TPSA) is 49.4 Å². The number of carbonyl (C=O) groups is 2. The van der Waals surface area contributed by atoms with Gasteiger partial charge in [-0.1, -0.05) is 62.4 Å². The fraction of sp³-hybridized carbons (Fsp3) is 0.364. The van der Waals surface area contributed by atoms with Crippen molar-refractivity contribution in [2.75, 3.05) is 6.54 Å².